The van der Waals surface area contributed by atoms with Gasteiger partial charge in [0.05, 0.1) is 0 Å². The van der Waals surface area contributed by atoms with Crippen LogP contribution in [0.2, 0.25) is 0 Å². The predicted molar refractivity (Wildman–Crippen MR) is 36.6 cm³/mol. The fraction of sp³-hybridized carbons (Fsp3) is 0.333. The molecule has 1 aliphatic heterocycles. The summed E-state index contributed by atoms with van der Waals surface area (Å²) in [6.07, 6.45) is 3.32. The van der Waals surface area contributed by atoms with E-state index in [0.29, 0.717) is 0 Å². The molecule has 1 aliphatic rings. The van der Waals surface area contributed by atoms with Crippen LogP contribution in [0.25, 0.3) is 0 Å². The molecule has 0 saturated heterocycles. The summed E-state index contributed by atoms with van der Waals surface area (Å²) in [6.45, 7) is 0.804. The van der Waals surface area contributed by atoms with Crippen LogP contribution in [0.3, 0.4) is 0 Å². The molecular weight excluding hydrogens is 201 g/mol. The van der Waals surface area contributed by atoms with E-state index in [9.17, 15) is 0 Å². The normalized spacial score (nSPS) is 15.9. The molecule has 0 amide bonds. The first-order valence-corrected chi connectivity index (χ1v) is 6.64. The van der Waals surface area contributed by atoms with Gasteiger partial charge in [0.2, 0.25) is 0 Å². The molecule has 0 fully saturated rings. The van der Waals surface area contributed by atoms with Crippen LogP contribution in [0.4, 0.5) is 0 Å². The van der Waals surface area contributed by atoms with Crippen molar-refractivity contribution >= 4 is 22.9 Å². The Kier molecular flexibility index (Phi) is 2.70. The standard InChI is InChI=1S/C6H9N.In/c1-3-6(2)4-5-7;/h1-3H,4-5,7H2;. The van der Waals surface area contributed by atoms with Gasteiger partial charge >= 0.3 is 60.9 Å². The summed E-state index contributed by atoms with van der Waals surface area (Å²) < 4.78 is 4.75. The van der Waals surface area contributed by atoms with Crippen LogP contribution in [0.1, 0.15) is 6.42 Å². The van der Waals surface area contributed by atoms with E-state index in [1.807, 2.05) is 0 Å². The van der Waals surface area contributed by atoms with Crippen LogP contribution >= 0.6 is 0 Å². The van der Waals surface area contributed by atoms with Gasteiger partial charge in [0.1, 0.15) is 0 Å². The van der Waals surface area contributed by atoms with E-state index in [2.05, 4.69) is 13.7 Å². The summed E-state index contributed by atoms with van der Waals surface area (Å²) in [5, 5.41) is 0. The van der Waals surface area contributed by atoms with Gasteiger partial charge in [0, 0.05) is 0 Å². The molecule has 41 valence electrons. The first-order valence-electron chi connectivity index (χ1n) is 2.84. The Morgan fingerprint density at radius 3 is 3.00 bits per heavy atom. The first kappa shape index (κ1) is 6.43. The van der Waals surface area contributed by atoms with E-state index in [1.54, 1.807) is 0 Å². The number of nitrogens with two attached hydrogens (primary N) is 1. The topological polar surface area (TPSA) is 26.0 Å². The molecule has 0 unspecified atom stereocenters. The number of hydrogen-bond acceptors (Lipinski definition) is 1. The first-order chi connectivity index (χ1) is 3.93. The Labute approximate surface area is 61.0 Å². The third kappa shape index (κ3) is 1.67. The maximum absolute atomic E-state index is 5.35. The molecule has 0 aliphatic carbocycles. The van der Waals surface area contributed by atoms with Gasteiger partial charge < -0.3 is 0 Å². The zero-order chi connectivity index (χ0) is 5.82. The van der Waals surface area contributed by atoms with E-state index in [-0.39, 0.29) is 22.9 Å². The molecular formula is C6H9InN. The summed E-state index contributed by atoms with van der Waals surface area (Å²) >= 11 is -0.301. The molecule has 1 nitrogen and oxygen atoms in total. The third-order valence-corrected chi connectivity index (χ3v) is 4.12. The molecule has 0 spiro atoms. The number of rotatable bonds is 2. The van der Waals surface area contributed by atoms with Crippen molar-refractivity contribution in [3.05, 3.63) is 19.3 Å². The Morgan fingerprint density at radius 1 is 1.62 bits per heavy atom. The zero-order valence-electron chi connectivity index (χ0n) is 4.80. The number of allylic oxidation sites excluding steroid dienone is 1. The van der Waals surface area contributed by atoms with Crippen molar-refractivity contribution in [3.63, 3.8) is 0 Å². The van der Waals surface area contributed by atoms with Crippen LogP contribution in [0.5, 0.6) is 0 Å². The van der Waals surface area contributed by atoms with Crippen LogP contribution in [-0.2, 0) is 0 Å². The predicted octanol–water partition coefficient (Wildman–Crippen LogP) is 0.451. The van der Waals surface area contributed by atoms with E-state index < -0.39 is 0 Å². The molecule has 0 aromatic rings. The summed E-state index contributed by atoms with van der Waals surface area (Å²) in [7, 11) is 0. The Morgan fingerprint density at radius 2 is 2.50 bits per heavy atom. The summed E-state index contributed by atoms with van der Waals surface area (Å²) in [5.74, 6) is 0. The van der Waals surface area contributed by atoms with Crippen molar-refractivity contribution in [2.75, 3.05) is 6.54 Å². The second-order valence-electron chi connectivity index (χ2n) is 1.83. The van der Waals surface area contributed by atoms with Crippen LogP contribution in [-0.4, -0.2) is 29.5 Å². The van der Waals surface area contributed by atoms with Crippen molar-refractivity contribution in [3.8, 4) is 0 Å². The quantitative estimate of drug-likeness (QED) is 0.703. The molecule has 0 aromatic heterocycles. The van der Waals surface area contributed by atoms with Crippen molar-refractivity contribution in [2.45, 2.75) is 6.42 Å². The van der Waals surface area contributed by atoms with Gasteiger partial charge in [-0.25, -0.2) is 0 Å². The van der Waals surface area contributed by atoms with Crippen LogP contribution < -0.4 is 5.73 Å². The van der Waals surface area contributed by atoms with Crippen molar-refractivity contribution < 1.29 is 0 Å². The summed E-state index contributed by atoms with van der Waals surface area (Å²) in [5.41, 5.74) is 6.84. The summed E-state index contributed by atoms with van der Waals surface area (Å²) in [6, 6.07) is 0. The Bertz CT molecular complexity index is 126. The molecule has 8 heavy (non-hydrogen) atoms. The maximum atomic E-state index is 5.35. The average molecular weight is 210 g/mol. The minimum absolute atomic E-state index is 0.301. The molecule has 0 bridgehead atoms. The Balaban J connectivity index is 2.34. The zero-order valence-corrected chi connectivity index (χ0v) is 8.10. The molecule has 1 heterocycles. The SMILES string of the molecule is NCCC1=[CH][In][CH]=C1. The molecule has 2 heteroatoms. The van der Waals surface area contributed by atoms with Gasteiger partial charge in [-0.15, -0.1) is 0 Å². The van der Waals surface area contributed by atoms with Gasteiger partial charge in [-0.2, -0.15) is 0 Å². The second kappa shape index (κ2) is 3.36. The van der Waals surface area contributed by atoms with Crippen molar-refractivity contribution in [1.82, 2.24) is 0 Å². The van der Waals surface area contributed by atoms with E-state index in [0.717, 1.165) is 13.0 Å². The molecule has 0 saturated carbocycles. The minimum atomic E-state index is -0.301. The number of hydrogen-bond donors (Lipinski definition) is 1. The average Bonchev–Trinajstić information content (AvgIpc) is 2.19. The monoisotopic (exact) mass is 210 g/mol. The third-order valence-electron chi connectivity index (χ3n) is 1.16. The second-order valence-corrected chi connectivity index (χ2v) is 4.98. The fourth-order valence-corrected chi connectivity index (χ4v) is 3.59. The van der Waals surface area contributed by atoms with E-state index >= 15 is 0 Å². The van der Waals surface area contributed by atoms with Crippen molar-refractivity contribution in [2.24, 2.45) is 5.73 Å². The fourth-order valence-electron chi connectivity index (χ4n) is 0.747. The van der Waals surface area contributed by atoms with Crippen LogP contribution in [0, 0.1) is 0 Å². The Hall–Kier alpha value is 0.310. The molecule has 0 atom stereocenters. The van der Waals surface area contributed by atoms with Crippen LogP contribution in [0.15, 0.2) is 19.3 Å². The summed E-state index contributed by atoms with van der Waals surface area (Å²) in [4.78, 5) is 0. The van der Waals surface area contributed by atoms with Gasteiger partial charge in [-0.3, -0.25) is 0 Å². The van der Waals surface area contributed by atoms with Gasteiger partial charge in [-0.1, -0.05) is 0 Å². The van der Waals surface area contributed by atoms with Gasteiger partial charge in [0.15, 0.2) is 0 Å². The van der Waals surface area contributed by atoms with E-state index in [4.69, 9.17) is 5.73 Å². The van der Waals surface area contributed by atoms with Gasteiger partial charge in [-0.05, 0) is 0 Å². The van der Waals surface area contributed by atoms with Gasteiger partial charge in [0.25, 0.3) is 0 Å². The molecule has 0 aromatic carbocycles. The molecule has 1 rings (SSSR count). The van der Waals surface area contributed by atoms with E-state index in [1.165, 1.54) is 5.57 Å². The van der Waals surface area contributed by atoms with Crippen molar-refractivity contribution in [1.29, 1.82) is 0 Å². The molecule has 2 N–H and O–H groups in total. The molecule has 1 radical (unpaired) electrons.